The molecule has 0 aromatic heterocycles. The molecule has 0 saturated heterocycles. The van der Waals surface area contributed by atoms with Crippen LogP contribution in [0, 0.1) is 12.8 Å². The fourth-order valence-electron chi connectivity index (χ4n) is 2.24. The van der Waals surface area contributed by atoms with Gasteiger partial charge in [-0.2, -0.15) is 0 Å². The summed E-state index contributed by atoms with van der Waals surface area (Å²) in [6, 6.07) is 3.54. The van der Waals surface area contributed by atoms with Gasteiger partial charge in [0.25, 0.3) is 0 Å². The van der Waals surface area contributed by atoms with Crippen LogP contribution in [0.5, 0.6) is 5.75 Å². The number of unbranched alkanes of at least 4 members (excludes halogenated alkanes) is 1. The van der Waals surface area contributed by atoms with Crippen molar-refractivity contribution in [3.8, 4) is 5.75 Å². The van der Waals surface area contributed by atoms with Crippen molar-refractivity contribution >= 4 is 11.7 Å². The van der Waals surface area contributed by atoms with Gasteiger partial charge in [-0.05, 0) is 37.0 Å². The molecule has 0 spiro atoms. The Hall–Kier alpha value is -1.71. The Labute approximate surface area is 127 Å². The van der Waals surface area contributed by atoms with E-state index >= 15 is 0 Å². The Morgan fingerprint density at radius 2 is 2.05 bits per heavy atom. The predicted molar refractivity (Wildman–Crippen MR) is 85.7 cm³/mol. The zero-order valence-corrected chi connectivity index (χ0v) is 13.6. The monoisotopic (exact) mass is 293 g/mol. The van der Waals surface area contributed by atoms with Crippen LogP contribution < -0.4 is 10.5 Å². The quantitative estimate of drug-likeness (QED) is 0.582. The van der Waals surface area contributed by atoms with Crippen LogP contribution in [0.1, 0.15) is 55.5 Å². The standard InChI is InChI=1S/C17H27NO3/c1-5-7-8-13(6-2)11-21-14-9-12(3)16(18)15(10-14)17(19)20-4/h9-10,13H,5-8,11,18H2,1-4H3. The number of aryl methyl sites for hydroxylation is 1. The zero-order chi connectivity index (χ0) is 15.8. The normalized spacial score (nSPS) is 12.0. The number of hydrogen-bond acceptors (Lipinski definition) is 4. The highest BCUT2D eigenvalue weighted by molar-refractivity contribution is 5.96. The van der Waals surface area contributed by atoms with E-state index in [0.29, 0.717) is 29.5 Å². The highest BCUT2D eigenvalue weighted by atomic mass is 16.5. The van der Waals surface area contributed by atoms with Gasteiger partial charge in [0, 0.05) is 5.69 Å². The molecule has 0 radical (unpaired) electrons. The largest absolute Gasteiger partial charge is 0.493 e. The average molecular weight is 293 g/mol. The third-order valence-electron chi connectivity index (χ3n) is 3.79. The Bertz CT molecular complexity index is 471. The van der Waals surface area contributed by atoms with Crippen LogP contribution in [0.3, 0.4) is 0 Å². The van der Waals surface area contributed by atoms with Gasteiger partial charge >= 0.3 is 5.97 Å². The fourth-order valence-corrected chi connectivity index (χ4v) is 2.24. The molecule has 0 aliphatic heterocycles. The number of nitrogens with two attached hydrogens (primary N) is 1. The average Bonchev–Trinajstić information content (AvgIpc) is 2.49. The Morgan fingerprint density at radius 1 is 1.33 bits per heavy atom. The van der Waals surface area contributed by atoms with Gasteiger partial charge in [-0.25, -0.2) is 4.79 Å². The second-order valence-corrected chi connectivity index (χ2v) is 5.42. The SMILES string of the molecule is CCCCC(CC)COc1cc(C)c(N)c(C(=O)OC)c1. The summed E-state index contributed by atoms with van der Waals surface area (Å²) in [5.41, 5.74) is 7.57. The molecule has 1 aromatic rings. The predicted octanol–water partition coefficient (Wildman–Crippen LogP) is 3.96. The lowest BCUT2D eigenvalue weighted by molar-refractivity contribution is 0.0601. The van der Waals surface area contributed by atoms with E-state index in [9.17, 15) is 4.79 Å². The summed E-state index contributed by atoms with van der Waals surface area (Å²) in [5, 5.41) is 0. The fraction of sp³-hybridized carbons (Fsp3) is 0.588. The topological polar surface area (TPSA) is 61.5 Å². The van der Waals surface area contributed by atoms with Gasteiger partial charge in [0.2, 0.25) is 0 Å². The Balaban J connectivity index is 2.79. The molecule has 0 aliphatic rings. The third-order valence-corrected chi connectivity index (χ3v) is 3.79. The molecule has 1 aromatic carbocycles. The smallest absolute Gasteiger partial charge is 0.340 e. The van der Waals surface area contributed by atoms with Crippen molar-refractivity contribution in [1.29, 1.82) is 0 Å². The molecule has 0 amide bonds. The van der Waals surface area contributed by atoms with Crippen LogP contribution in [-0.4, -0.2) is 19.7 Å². The van der Waals surface area contributed by atoms with Crippen molar-refractivity contribution in [2.75, 3.05) is 19.5 Å². The molecule has 1 atom stereocenters. The number of methoxy groups -OCH3 is 1. The number of anilines is 1. The minimum Gasteiger partial charge on any atom is -0.493 e. The first kappa shape index (κ1) is 17.3. The first-order valence-corrected chi connectivity index (χ1v) is 7.64. The van der Waals surface area contributed by atoms with E-state index in [1.54, 1.807) is 6.07 Å². The maximum atomic E-state index is 11.7. The molecule has 0 bridgehead atoms. The van der Waals surface area contributed by atoms with Crippen molar-refractivity contribution < 1.29 is 14.3 Å². The Kier molecular flexibility index (Phi) is 7.06. The van der Waals surface area contributed by atoms with Gasteiger partial charge in [0.1, 0.15) is 5.75 Å². The van der Waals surface area contributed by atoms with Crippen LogP contribution >= 0.6 is 0 Å². The summed E-state index contributed by atoms with van der Waals surface area (Å²) in [4.78, 5) is 11.7. The van der Waals surface area contributed by atoms with Gasteiger partial charge in [-0.3, -0.25) is 0 Å². The van der Waals surface area contributed by atoms with Crippen molar-refractivity contribution in [1.82, 2.24) is 0 Å². The molecule has 2 N–H and O–H groups in total. The third kappa shape index (κ3) is 4.96. The summed E-state index contributed by atoms with van der Waals surface area (Å²) in [7, 11) is 1.35. The first-order chi connectivity index (χ1) is 10.0. The highest BCUT2D eigenvalue weighted by Crippen LogP contribution is 2.26. The van der Waals surface area contributed by atoms with Crippen molar-refractivity contribution in [3.05, 3.63) is 23.3 Å². The van der Waals surface area contributed by atoms with Crippen molar-refractivity contribution in [2.45, 2.75) is 46.5 Å². The second kappa shape index (κ2) is 8.55. The molecule has 21 heavy (non-hydrogen) atoms. The van der Waals surface area contributed by atoms with E-state index in [4.69, 9.17) is 15.2 Å². The zero-order valence-electron chi connectivity index (χ0n) is 13.6. The number of rotatable bonds is 8. The van der Waals surface area contributed by atoms with Crippen LogP contribution in [0.25, 0.3) is 0 Å². The molecule has 0 fully saturated rings. The summed E-state index contributed by atoms with van der Waals surface area (Å²) < 4.78 is 10.6. The number of carbonyl (C=O) groups is 1. The van der Waals surface area contributed by atoms with Crippen LogP contribution in [0.15, 0.2) is 12.1 Å². The molecule has 0 saturated carbocycles. The molecule has 0 aliphatic carbocycles. The van der Waals surface area contributed by atoms with Gasteiger partial charge in [0.05, 0.1) is 19.3 Å². The molecule has 1 rings (SSSR count). The number of nitrogen functional groups attached to an aromatic ring is 1. The number of esters is 1. The summed E-state index contributed by atoms with van der Waals surface area (Å²) in [5.74, 6) is 0.792. The van der Waals surface area contributed by atoms with Gasteiger partial charge < -0.3 is 15.2 Å². The van der Waals surface area contributed by atoms with E-state index < -0.39 is 5.97 Å². The molecular formula is C17H27NO3. The van der Waals surface area contributed by atoms with E-state index in [1.807, 2.05) is 13.0 Å². The molecule has 4 nitrogen and oxygen atoms in total. The lowest BCUT2D eigenvalue weighted by Gasteiger charge is -2.17. The minimum atomic E-state index is -0.431. The molecule has 0 heterocycles. The molecule has 1 unspecified atom stereocenters. The molecule has 118 valence electrons. The molecular weight excluding hydrogens is 266 g/mol. The van der Waals surface area contributed by atoms with E-state index in [1.165, 1.54) is 26.4 Å². The highest BCUT2D eigenvalue weighted by Gasteiger charge is 2.15. The lowest BCUT2D eigenvalue weighted by Crippen LogP contribution is -2.13. The van der Waals surface area contributed by atoms with Crippen molar-refractivity contribution in [3.63, 3.8) is 0 Å². The summed E-state index contributed by atoms with van der Waals surface area (Å²) in [6.07, 6.45) is 4.68. The van der Waals surface area contributed by atoms with E-state index in [-0.39, 0.29) is 0 Å². The van der Waals surface area contributed by atoms with Crippen LogP contribution in [0.2, 0.25) is 0 Å². The summed E-state index contributed by atoms with van der Waals surface area (Å²) >= 11 is 0. The number of hydrogen-bond donors (Lipinski definition) is 1. The van der Waals surface area contributed by atoms with Crippen molar-refractivity contribution in [2.24, 2.45) is 5.92 Å². The number of carbonyl (C=O) groups excluding carboxylic acids is 1. The molecule has 4 heteroatoms. The summed E-state index contributed by atoms with van der Waals surface area (Å²) in [6.45, 7) is 6.90. The first-order valence-electron chi connectivity index (χ1n) is 7.64. The lowest BCUT2D eigenvalue weighted by atomic mass is 10.0. The van der Waals surface area contributed by atoms with E-state index in [0.717, 1.165) is 12.0 Å². The van der Waals surface area contributed by atoms with E-state index in [2.05, 4.69) is 13.8 Å². The van der Waals surface area contributed by atoms with Crippen LogP contribution in [-0.2, 0) is 4.74 Å². The number of benzene rings is 1. The van der Waals surface area contributed by atoms with Crippen LogP contribution in [0.4, 0.5) is 5.69 Å². The number of ether oxygens (including phenoxy) is 2. The maximum absolute atomic E-state index is 11.7. The minimum absolute atomic E-state index is 0.370. The Morgan fingerprint density at radius 3 is 2.62 bits per heavy atom. The van der Waals surface area contributed by atoms with Gasteiger partial charge in [-0.15, -0.1) is 0 Å². The van der Waals surface area contributed by atoms with Gasteiger partial charge in [-0.1, -0.05) is 33.1 Å². The second-order valence-electron chi connectivity index (χ2n) is 5.42. The van der Waals surface area contributed by atoms with Gasteiger partial charge in [0.15, 0.2) is 0 Å². The maximum Gasteiger partial charge on any atom is 0.340 e.